The lowest BCUT2D eigenvalue weighted by Gasteiger charge is -2.36. The summed E-state index contributed by atoms with van der Waals surface area (Å²) in [5.74, 6) is 3.10. The summed E-state index contributed by atoms with van der Waals surface area (Å²) in [6.45, 7) is 22.8. The van der Waals surface area contributed by atoms with Gasteiger partial charge in [-0.05, 0) is 65.0 Å². The predicted molar refractivity (Wildman–Crippen MR) is 154 cm³/mol. The molecule has 1 saturated heterocycles. The van der Waals surface area contributed by atoms with Gasteiger partial charge in [0, 0.05) is 38.2 Å². The average Bonchev–Trinajstić information content (AvgIpc) is 3.01. The maximum Gasteiger partial charge on any atom is 0.352 e. The zero-order chi connectivity index (χ0) is 29.3. The molecule has 0 unspecified atom stereocenters. The first-order chi connectivity index (χ1) is 17.5. The van der Waals surface area contributed by atoms with E-state index in [0.29, 0.717) is 12.0 Å². The number of esters is 2. The summed E-state index contributed by atoms with van der Waals surface area (Å²) in [4.78, 5) is 26.6. The standard InChI is InChI=1S/C32H49NO5/c1-12-14-15-16-17-18-25(24(6)13-2)20-23(5)21-32(29(35)37-31(10,11)38-32)26(19-22(3)4)27(33)28(34)36-30(7,8)9/h13,20,22,26,33H,5,12,14-16,19,21H2,1-4,6-11H3/b24-13-,25-20-,33-27?/t26-,32-/m1/s1. The fraction of sp³-hybridized carbons (Fsp3) is 0.656. The average molecular weight is 528 g/mol. The van der Waals surface area contributed by atoms with Gasteiger partial charge in [0.15, 0.2) is 5.60 Å². The second kappa shape index (κ2) is 13.9. The van der Waals surface area contributed by atoms with E-state index in [4.69, 9.17) is 19.6 Å². The second-order valence-corrected chi connectivity index (χ2v) is 12.0. The molecule has 0 spiro atoms. The van der Waals surface area contributed by atoms with Crippen LogP contribution in [0.1, 0.15) is 108 Å². The number of unbranched alkanes of at least 4 members (excludes halogenated alkanes) is 3. The number of rotatable bonds is 12. The molecule has 0 aromatic heterocycles. The molecule has 0 amide bonds. The van der Waals surface area contributed by atoms with Crippen LogP contribution in [0.4, 0.5) is 0 Å². The van der Waals surface area contributed by atoms with Crippen molar-refractivity contribution in [1.82, 2.24) is 0 Å². The van der Waals surface area contributed by atoms with Crippen molar-refractivity contribution in [3.05, 3.63) is 35.5 Å². The number of cyclic esters (lactones) is 1. The molecule has 212 valence electrons. The van der Waals surface area contributed by atoms with Gasteiger partial charge in [-0.1, -0.05) is 63.7 Å². The van der Waals surface area contributed by atoms with Gasteiger partial charge in [-0.25, -0.2) is 9.59 Å². The van der Waals surface area contributed by atoms with Crippen LogP contribution in [0, 0.1) is 29.1 Å². The van der Waals surface area contributed by atoms with Gasteiger partial charge in [0.25, 0.3) is 0 Å². The van der Waals surface area contributed by atoms with Gasteiger partial charge in [0.1, 0.15) is 11.3 Å². The van der Waals surface area contributed by atoms with E-state index in [2.05, 4.69) is 25.3 Å². The van der Waals surface area contributed by atoms with Crippen LogP contribution >= 0.6 is 0 Å². The lowest BCUT2D eigenvalue weighted by Crippen LogP contribution is -2.51. The van der Waals surface area contributed by atoms with E-state index in [1.807, 2.05) is 39.8 Å². The number of ether oxygens (including phenoxy) is 3. The van der Waals surface area contributed by atoms with Gasteiger partial charge < -0.3 is 14.2 Å². The Labute approximate surface area is 230 Å². The molecular formula is C32H49NO5. The van der Waals surface area contributed by atoms with Crippen LogP contribution in [0.5, 0.6) is 0 Å². The summed E-state index contributed by atoms with van der Waals surface area (Å²) >= 11 is 0. The van der Waals surface area contributed by atoms with E-state index in [0.717, 1.165) is 36.8 Å². The first-order valence-corrected chi connectivity index (χ1v) is 13.7. The van der Waals surface area contributed by atoms with Gasteiger partial charge in [0.05, 0.1) is 0 Å². The molecule has 2 atom stereocenters. The van der Waals surface area contributed by atoms with Crippen LogP contribution in [0.3, 0.4) is 0 Å². The molecule has 6 nitrogen and oxygen atoms in total. The third kappa shape index (κ3) is 9.91. The summed E-state index contributed by atoms with van der Waals surface area (Å²) in [6, 6.07) is 0. The maximum atomic E-state index is 13.5. The Hall–Kier alpha value is -2.65. The molecule has 1 heterocycles. The quantitative estimate of drug-likeness (QED) is 0.0935. The number of nitrogens with one attached hydrogen (secondary N) is 1. The van der Waals surface area contributed by atoms with Crippen LogP contribution in [0.2, 0.25) is 0 Å². The van der Waals surface area contributed by atoms with E-state index >= 15 is 0 Å². The summed E-state index contributed by atoms with van der Waals surface area (Å²) < 4.78 is 17.5. The van der Waals surface area contributed by atoms with Crippen LogP contribution in [0.15, 0.2) is 35.5 Å². The smallest absolute Gasteiger partial charge is 0.352 e. The van der Waals surface area contributed by atoms with E-state index in [-0.39, 0.29) is 18.1 Å². The van der Waals surface area contributed by atoms with Gasteiger partial charge in [0.2, 0.25) is 5.79 Å². The molecule has 1 rings (SSSR count). The third-order valence-electron chi connectivity index (χ3n) is 6.17. The summed E-state index contributed by atoms with van der Waals surface area (Å²) in [7, 11) is 0. The molecule has 0 bridgehead atoms. The number of allylic oxidation sites excluding steroid dienone is 4. The molecule has 0 aliphatic carbocycles. The molecule has 0 radical (unpaired) electrons. The number of carbonyl (C=O) groups is 2. The van der Waals surface area contributed by atoms with Gasteiger partial charge in [-0.15, -0.1) is 0 Å². The largest absolute Gasteiger partial charge is 0.455 e. The first kappa shape index (κ1) is 33.4. The minimum Gasteiger partial charge on any atom is -0.455 e. The molecule has 0 aromatic carbocycles. The molecule has 1 N–H and O–H groups in total. The maximum absolute atomic E-state index is 13.5. The first-order valence-electron chi connectivity index (χ1n) is 13.7. The zero-order valence-corrected chi connectivity index (χ0v) is 25.3. The lowest BCUT2D eigenvalue weighted by molar-refractivity contribution is -0.171. The van der Waals surface area contributed by atoms with Crippen molar-refractivity contribution in [2.75, 3.05) is 0 Å². The highest BCUT2D eigenvalue weighted by Crippen LogP contribution is 2.45. The highest BCUT2D eigenvalue weighted by Gasteiger charge is 2.60. The molecule has 1 fully saturated rings. The molecule has 0 saturated carbocycles. The van der Waals surface area contributed by atoms with Gasteiger partial charge in [-0.2, -0.15) is 0 Å². The van der Waals surface area contributed by atoms with Crippen molar-refractivity contribution in [1.29, 1.82) is 5.41 Å². The number of hydrogen-bond donors (Lipinski definition) is 1. The fourth-order valence-corrected chi connectivity index (χ4v) is 4.36. The van der Waals surface area contributed by atoms with Crippen LogP contribution in [-0.2, 0) is 23.8 Å². The lowest BCUT2D eigenvalue weighted by atomic mass is 9.74. The van der Waals surface area contributed by atoms with Crippen LogP contribution in [-0.4, -0.2) is 34.6 Å². The van der Waals surface area contributed by atoms with Crippen molar-refractivity contribution >= 4 is 17.7 Å². The predicted octanol–water partition coefficient (Wildman–Crippen LogP) is 7.48. The minimum absolute atomic E-state index is 0.0514. The summed E-state index contributed by atoms with van der Waals surface area (Å²) in [5, 5.41) is 8.83. The van der Waals surface area contributed by atoms with Crippen LogP contribution < -0.4 is 0 Å². The van der Waals surface area contributed by atoms with Gasteiger partial charge in [-0.3, -0.25) is 5.41 Å². The molecule has 1 aliphatic heterocycles. The Morgan fingerprint density at radius 3 is 2.34 bits per heavy atom. The van der Waals surface area contributed by atoms with E-state index in [1.165, 1.54) is 0 Å². The Bertz CT molecular complexity index is 1010. The topological polar surface area (TPSA) is 85.7 Å². The Kier molecular flexibility index (Phi) is 12.2. The Morgan fingerprint density at radius 2 is 1.87 bits per heavy atom. The highest BCUT2D eigenvalue weighted by atomic mass is 16.8. The van der Waals surface area contributed by atoms with Crippen molar-refractivity contribution in [3.63, 3.8) is 0 Å². The van der Waals surface area contributed by atoms with Crippen molar-refractivity contribution in [2.45, 2.75) is 125 Å². The Balaban J connectivity index is 3.53. The fourth-order valence-electron chi connectivity index (χ4n) is 4.36. The number of hydrogen-bond acceptors (Lipinski definition) is 6. The summed E-state index contributed by atoms with van der Waals surface area (Å²) in [6.07, 6.45) is 8.41. The molecular weight excluding hydrogens is 478 g/mol. The minimum atomic E-state index is -1.60. The molecule has 0 aromatic rings. The highest BCUT2D eigenvalue weighted by molar-refractivity contribution is 6.36. The second-order valence-electron chi connectivity index (χ2n) is 12.0. The van der Waals surface area contributed by atoms with E-state index < -0.39 is 34.8 Å². The van der Waals surface area contributed by atoms with E-state index in [9.17, 15) is 9.59 Å². The normalized spacial score (nSPS) is 20.4. The Morgan fingerprint density at radius 1 is 1.24 bits per heavy atom. The third-order valence-corrected chi connectivity index (χ3v) is 6.17. The molecule has 1 aliphatic rings. The zero-order valence-electron chi connectivity index (χ0n) is 25.3. The van der Waals surface area contributed by atoms with E-state index in [1.54, 1.807) is 34.6 Å². The molecule has 38 heavy (non-hydrogen) atoms. The summed E-state index contributed by atoms with van der Waals surface area (Å²) in [5.41, 5.74) is -0.268. The van der Waals surface area contributed by atoms with Crippen molar-refractivity contribution in [3.8, 4) is 11.8 Å². The molecule has 6 heteroatoms. The SMILES string of the molecule is C=C(/C=C(C#CCCCCC)\C(C)=C/C)C[C@]1([C@H](CC(C)C)C(=N)C(=O)OC(C)(C)C)OC(C)(C)OC1=O. The van der Waals surface area contributed by atoms with Crippen LogP contribution in [0.25, 0.3) is 0 Å². The van der Waals surface area contributed by atoms with Crippen molar-refractivity contribution in [2.24, 2.45) is 11.8 Å². The van der Waals surface area contributed by atoms with Crippen molar-refractivity contribution < 1.29 is 23.8 Å². The van der Waals surface area contributed by atoms with Gasteiger partial charge >= 0.3 is 11.9 Å². The monoisotopic (exact) mass is 527 g/mol. The number of carbonyl (C=O) groups excluding carboxylic acids is 2.